The molecule has 0 saturated carbocycles. The highest BCUT2D eigenvalue weighted by Gasteiger charge is 2.78. The van der Waals surface area contributed by atoms with Gasteiger partial charge >= 0.3 is 5.97 Å². The van der Waals surface area contributed by atoms with E-state index in [0.717, 1.165) is 19.3 Å². The van der Waals surface area contributed by atoms with E-state index >= 15 is 0 Å². The molecule has 0 aromatic carbocycles. The molecule has 8 nitrogen and oxygen atoms in total. The number of aliphatic hydroxyl groups excluding tert-OH is 1. The van der Waals surface area contributed by atoms with Crippen LogP contribution in [0.3, 0.4) is 0 Å². The van der Waals surface area contributed by atoms with Gasteiger partial charge in [-0.25, -0.2) is 0 Å². The summed E-state index contributed by atoms with van der Waals surface area (Å²) in [6, 6.07) is -0.882. The largest absolute Gasteiger partial charge is 0.461 e. The van der Waals surface area contributed by atoms with Crippen LogP contribution in [0, 0.1) is 11.8 Å². The van der Waals surface area contributed by atoms with Crippen LogP contribution in [-0.4, -0.2) is 82.8 Å². The predicted molar refractivity (Wildman–Crippen MR) is 118 cm³/mol. The normalized spacial score (nSPS) is 32.7. The number of likely N-dealkylation sites (tertiary alicyclic amines) is 1. The molecule has 0 radical (unpaired) electrons. The Labute approximate surface area is 190 Å². The van der Waals surface area contributed by atoms with Crippen LogP contribution in [0.5, 0.6) is 0 Å². The molecule has 1 N–H and O–H groups in total. The van der Waals surface area contributed by atoms with Crippen molar-refractivity contribution in [2.75, 3.05) is 32.8 Å². The number of esters is 1. The molecule has 3 heterocycles. The molecule has 3 rings (SSSR count). The summed E-state index contributed by atoms with van der Waals surface area (Å²) in [6.45, 7) is 12.0. The highest BCUT2D eigenvalue weighted by Crippen LogP contribution is 2.63. The average molecular weight is 449 g/mol. The topological polar surface area (TPSA) is 96.4 Å². The Morgan fingerprint density at radius 1 is 1.31 bits per heavy atom. The second kappa shape index (κ2) is 9.75. The second-order valence-corrected chi connectivity index (χ2v) is 9.18. The molecule has 32 heavy (non-hydrogen) atoms. The van der Waals surface area contributed by atoms with Crippen LogP contribution < -0.4 is 0 Å². The van der Waals surface area contributed by atoms with Crippen molar-refractivity contribution in [1.29, 1.82) is 0 Å². The van der Waals surface area contributed by atoms with Gasteiger partial charge in [0, 0.05) is 19.6 Å². The Morgan fingerprint density at radius 3 is 2.69 bits per heavy atom. The zero-order valence-electron chi connectivity index (χ0n) is 19.3. The maximum atomic E-state index is 13.8. The van der Waals surface area contributed by atoms with Crippen LogP contribution >= 0.6 is 0 Å². The van der Waals surface area contributed by atoms with Gasteiger partial charge in [0.15, 0.2) is 0 Å². The molecular weight excluding hydrogens is 412 g/mol. The smallest absolute Gasteiger partial charge is 0.313 e. The highest BCUT2D eigenvalue weighted by molar-refractivity contribution is 5.98. The van der Waals surface area contributed by atoms with E-state index in [9.17, 15) is 19.5 Å². The second-order valence-electron chi connectivity index (χ2n) is 9.18. The van der Waals surface area contributed by atoms with E-state index in [1.165, 1.54) is 11.0 Å². The maximum absolute atomic E-state index is 13.8. The van der Waals surface area contributed by atoms with Crippen molar-refractivity contribution in [2.45, 2.75) is 63.2 Å². The summed E-state index contributed by atoms with van der Waals surface area (Å²) in [5, 5.41) is 9.65. The van der Waals surface area contributed by atoms with Gasteiger partial charge in [-0.15, -0.1) is 6.58 Å². The first kappa shape index (κ1) is 24.5. The first-order chi connectivity index (χ1) is 15.3. The minimum atomic E-state index is -1.10. The molecule has 2 unspecified atom stereocenters. The number of aliphatic hydroxyl groups is 1. The average Bonchev–Trinajstić information content (AvgIpc) is 3.32. The molecule has 178 valence electrons. The Hall–Kier alpha value is -2.19. The highest BCUT2D eigenvalue weighted by atomic mass is 16.6. The van der Waals surface area contributed by atoms with Gasteiger partial charge in [-0.05, 0) is 26.2 Å². The maximum Gasteiger partial charge on any atom is 0.313 e. The number of hydrogen-bond acceptors (Lipinski definition) is 6. The monoisotopic (exact) mass is 448 g/mol. The summed E-state index contributed by atoms with van der Waals surface area (Å²) in [6.07, 6.45) is 7.08. The summed E-state index contributed by atoms with van der Waals surface area (Å²) < 4.78 is 11.8. The lowest BCUT2D eigenvalue weighted by atomic mass is 9.66. The minimum absolute atomic E-state index is 0.0128. The number of fused-ring (bicyclic) bond motifs is 1. The van der Waals surface area contributed by atoms with Crippen LogP contribution in [0.25, 0.3) is 0 Å². The Morgan fingerprint density at radius 2 is 2.06 bits per heavy atom. The fourth-order valence-electron chi connectivity index (χ4n) is 5.81. The molecule has 0 aromatic heterocycles. The summed E-state index contributed by atoms with van der Waals surface area (Å²) in [7, 11) is 0. The van der Waals surface area contributed by atoms with Gasteiger partial charge < -0.3 is 24.4 Å². The van der Waals surface area contributed by atoms with E-state index < -0.39 is 35.0 Å². The van der Waals surface area contributed by atoms with Crippen LogP contribution in [0.1, 0.15) is 46.0 Å². The van der Waals surface area contributed by atoms with Crippen molar-refractivity contribution in [3.63, 3.8) is 0 Å². The summed E-state index contributed by atoms with van der Waals surface area (Å²) >= 11 is 0. The third kappa shape index (κ3) is 3.88. The quantitative estimate of drug-likeness (QED) is 0.277. The number of hydrogen-bond donors (Lipinski definition) is 1. The van der Waals surface area contributed by atoms with E-state index in [-0.39, 0.29) is 31.6 Å². The van der Waals surface area contributed by atoms with Gasteiger partial charge in [-0.2, -0.15) is 0 Å². The van der Waals surface area contributed by atoms with Crippen molar-refractivity contribution in [2.24, 2.45) is 11.8 Å². The van der Waals surface area contributed by atoms with Crippen LogP contribution in [0.15, 0.2) is 25.3 Å². The van der Waals surface area contributed by atoms with E-state index in [4.69, 9.17) is 9.47 Å². The van der Waals surface area contributed by atoms with Crippen molar-refractivity contribution in [1.82, 2.24) is 9.80 Å². The number of nitrogens with zero attached hydrogens (tertiary/aromatic N) is 2. The van der Waals surface area contributed by atoms with Crippen molar-refractivity contribution in [3.8, 4) is 0 Å². The number of ether oxygens (including phenoxy) is 2. The van der Waals surface area contributed by atoms with E-state index in [1.807, 2.05) is 6.92 Å². The third-order valence-electron chi connectivity index (χ3n) is 7.14. The molecule has 1 spiro atoms. The molecule has 2 bridgehead atoms. The summed E-state index contributed by atoms with van der Waals surface area (Å²) in [4.78, 5) is 43.5. The van der Waals surface area contributed by atoms with E-state index in [0.29, 0.717) is 25.9 Å². The predicted octanol–water partition coefficient (Wildman–Crippen LogP) is 1.68. The first-order valence-corrected chi connectivity index (χ1v) is 11.6. The number of β-amino-alcohol motifs (C(OH)–C–C–N with tert-alkyl or cyclic N) is 1. The van der Waals surface area contributed by atoms with Gasteiger partial charge in [-0.3, -0.25) is 14.4 Å². The summed E-state index contributed by atoms with van der Waals surface area (Å²) in [5.74, 6) is -2.64. The fraction of sp³-hybridized carbons (Fsp3) is 0.708. The molecule has 3 fully saturated rings. The fourth-order valence-corrected chi connectivity index (χ4v) is 5.81. The Kier molecular flexibility index (Phi) is 7.45. The van der Waals surface area contributed by atoms with Crippen LogP contribution in [0.2, 0.25) is 0 Å². The molecular formula is C24H36N2O6. The van der Waals surface area contributed by atoms with E-state index in [2.05, 4.69) is 20.1 Å². The molecule has 0 aliphatic carbocycles. The zero-order valence-corrected chi connectivity index (χ0v) is 19.3. The molecule has 5 atom stereocenters. The van der Waals surface area contributed by atoms with Crippen LogP contribution in [-0.2, 0) is 23.9 Å². The number of carbonyl (C=O) groups is 3. The lowest BCUT2D eigenvalue weighted by Gasteiger charge is -2.36. The van der Waals surface area contributed by atoms with Gasteiger partial charge in [0.2, 0.25) is 11.8 Å². The van der Waals surface area contributed by atoms with Crippen molar-refractivity contribution >= 4 is 17.8 Å². The van der Waals surface area contributed by atoms with Gasteiger partial charge in [0.05, 0.1) is 18.1 Å². The molecule has 2 amide bonds. The van der Waals surface area contributed by atoms with Gasteiger partial charge in [0.25, 0.3) is 0 Å². The molecule has 3 aliphatic heterocycles. The zero-order chi connectivity index (χ0) is 23.5. The molecule has 3 aliphatic rings. The summed E-state index contributed by atoms with van der Waals surface area (Å²) in [5.41, 5.74) is -1.96. The van der Waals surface area contributed by atoms with Crippen LogP contribution in [0.4, 0.5) is 0 Å². The van der Waals surface area contributed by atoms with Gasteiger partial charge in [-0.1, -0.05) is 38.5 Å². The SMILES string of the molecule is C=CCOC(=O)[C@H]1[C@H]2C(=O)N(CCO)C(C(=O)N(CC=C)CCCCC)C23CC[C@]1(C)O3. The minimum Gasteiger partial charge on any atom is -0.461 e. The van der Waals surface area contributed by atoms with E-state index in [1.54, 1.807) is 11.0 Å². The molecule has 3 saturated heterocycles. The standard InChI is InChI=1S/C24H36N2O6/c1-5-8-9-13-25(12-6-2)21(29)19-24-11-10-23(4,32-24)18(22(30)31-16-7-3)17(24)20(28)26(19)14-15-27/h6-7,17-19,27H,2-3,5,8-16H2,1,4H3/t17-,18+,19?,23-,24?/m0/s1. The number of carbonyl (C=O) groups excluding carboxylic acids is 3. The Bertz CT molecular complexity index is 770. The number of unbranched alkanes of at least 4 members (excludes halogenated alkanes) is 2. The lowest BCUT2D eigenvalue weighted by Crippen LogP contribution is -2.56. The van der Waals surface area contributed by atoms with Gasteiger partial charge in [0.1, 0.15) is 24.2 Å². The first-order valence-electron chi connectivity index (χ1n) is 11.6. The van der Waals surface area contributed by atoms with Crippen molar-refractivity contribution in [3.05, 3.63) is 25.3 Å². The number of amides is 2. The Balaban J connectivity index is 1.98. The molecule has 0 aromatic rings. The third-order valence-corrected chi connectivity index (χ3v) is 7.14. The van der Waals surface area contributed by atoms with Crippen molar-refractivity contribution < 1.29 is 29.0 Å². The lowest BCUT2D eigenvalue weighted by molar-refractivity contribution is -0.159. The number of rotatable bonds is 12. The molecule has 8 heteroatoms.